The van der Waals surface area contributed by atoms with Crippen molar-refractivity contribution in [2.75, 3.05) is 7.11 Å². The van der Waals surface area contributed by atoms with Gasteiger partial charge in [0.25, 0.3) is 0 Å². The van der Waals surface area contributed by atoms with E-state index in [1.165, 1.54) is 17.8 Å². The maximum Gasteiger partial charge on any atom is 0.212 e. The number of pyridine rings is 1. The molecule has 2 aromatic rings. The molecule has 1 aliphatic heterocycles. The number of Topliss-reactive ketones (excluding diaryl/α,β-unsaturated/α-hetero) is 1. The molecule has 5 heteroatoms. The summed E-state index contributed by atoms with van der Waals surface area (Å²) >= 11 is 1.54. The number of ketones is 1. The van der Waals surface area contributed by atoms with E-state index in [0.29, 0.717) is 16.3 Å². The molecule has 112 valence electrons. The van der Waals surface area contributed by atoms with Crippen LogP contribution in [0.5, 0.6) is 11.6 Å². The predicted octanol–water partition coefficient (Wildman–Crippen LogP) is 3.74. The number of hydrogen-bond acceptors (Lipinski definition) is 5. The van der Waals surface area contributed by atoms with Crippen LogP contribution in [0.3, 0.4) is 0 Å². The fourth-order valence-corrected chi connectivity index (χ4v) is 3.50. The van der Waals surface area contributed by atoms with Crippen molar-refractivity contribution >= 4 is 17.5 Å². The third kappa shape index (κ3) is 2.99. The van der Waals surface area contributed by atoms with E-state index in [0.717, 1.165) is 12.0 Å². The highest BCUT2D eigenvalue weighted by atomic mass is 32.2. The molecule has 22 heavy (non-hydrogen) atoms. The number of aromatic hydroxyl groups is 1. The second-order valence-corrected chi connectivity index (χ2v) is 6.17. The van der Waals surface area contributed by atoms with Crippen LogP contribution in [0.2, 0.25) is 0 Å². The number of rotatable bonds is 4. The van der Waals surface area contributed by atoms with Crippen molar-refractivity contribution in [2.24, 2.45) is 0 Å². The summed E-state index contributed by atoms with van der Waals surface area (Å²) in [7, 11) is 1.58. The Morgan fingerprint density at radius 3 is 2.91 bits per heavy atom. The van der Waals surface area contributed by atoms with Gasteiger partial charge in [-0.2, -0.15) is 0 Å². The van der Waals surface area contributed by atoms with Crippen LogP contribution in [0.15, 0.2) is 53.6 Å². The number of allylic oxidation sites excluding steroid dienone is 2. The van der Waals surface area contributed by atoms with E-state index in [1.807, 2.05) is 18.2 Å². The number of nitrogens with zero attached hydrogens (tertiary/aromatic N) is 1. The Balaban J connectivity index is 1.72. The molecule has 0 saturated heterocycles. The van der Waals surface area contributed by atoms with Crippen LogP contribution in [-0.2, 0) is 0 Å². The van der Waals surface area contributed by atoms with Crippen molar-refractivity contribution in [3.63, 3.8) is 0 Å². The Hall–Kier alpha value is -2.27. The second-order valence-electron chi connectivity index (χ2n) is 4.92. The zero-order valence-corrected chi connectivity index (χ0v) is 12.8. The Bertz CT molecular complexity index is 725. The Kier molecular flexibility index (Phi) is 4.15. The van der Waals surface area contributed by atoms with Gasteiger partial charge in [0.05, 0.1) is 12.0 Å². The van der Waals surface area contributed by atoms with Gasteiger partial charge in [0.2, 0.25) is 5.88 Å². The molecule has 4 nitrogen and oxygen atoms in total. The van der Waals surface area contributed by atoms with Crippen molar-refractivity contribution in [3.05, 3.63) is 64.7 Å². The Morgan fingerprint density at radius 2 is 2.23 bits per heavy atom. The third-order valence-electron chi connectivity index (χ3n) is 3.46. The fraction of sp³-hybridized carbons (Fsp3) is 0.176. The number of thioether (sulfide) groups is 1. The topological polar surface area (TPSA) is 59.4 Å². The van der Waals surface area contributed by atoms with Crippen molar-refractivity contribution in [2.45, 2.75) is 11.7 Å². The van der Waals surface area contributed by atoms with E-state index in [1.54, 1.807) is 31.5 Å². The molecule has 3 rings (SSSR count). The number of benzene rings is 1. The summed E-state index contributed by atoms with van der Waals surface area (Å²) in [6, 6.07) is 10.2. The van der Waals surface area contributed by atoms with Crippen LogP contribution in [0.1, 0.15) is 27.6 Å². The average molecular weight is 313 g/mol. The predicted molar refractivity (Wildman–Crippen MR) is 86.3 cm³/mol. The number of phenolic OH excluding ortho intramolecular Hbond substituents is 1. The summed E-state index contributed by atoms with van der Waals surface area (Å²) in [4.78, 5) is 17.4. The van der Waals surface area contributed by atoms with Gasteiger partial charge in [-0.1, -0.05) is 24.3 Å². The van der Waals surface area contributed by atoms with Gasteiger partial charge in [-0.3, -0.25) is 4.79 Å². The molecule has 0 bridgehead atoms. The summed E-state index contributed by atoms with van der Waals surface area (Å²) in [6.45, 7) is 0. The smallest absolute Gasteiger partial charge is 0.212 e. The molecule has 0 saturated carbocycles. The van der Waals surface area contributed by atoms with E-state index < -0.39 is 0 Å². The minimum atomic E-state index is -0.0510. The zero-order valence-electron chi connectivity index (χ0n) is 12.0. The van der Waals surface area contributed by atoms with E-state index in [9.17, 15) is 9.90 Å². The van der Waals surface area contributed by atoms with E-state index >= 15 is 0 Å². The lowest BCUT2D eigenvalue weighted by Gasteiger charge is -2.10. The summed E-state index contributed by atoms with van der Waals surface area (Å²) < 4.78 is 5.05. The van der Waals surface area contributed by atoms with Crippen LogP contribution in [0.4, 0.5) is 0 Å². The molecule has 0 radical (unpaired) electrons. The first-order valence-corrected chi connectivity index (χ1v) is 7.76. The lowest BCUT2D eigenvalue weighted by Crippen LogP contribution is -1.99. The number of methoxy groups -OCH3 is 1. The SMILES string of the molecule is COc1ccc(C2CC=C(C(=O)c3cccc(O)c3)S2)cn1. The van der Waals surface area contributed by atoms with E-state index in [2.05, 4.69) is 4.98 Å². The monoisotopic (exact) mass is 313 g/mol. The molecule has 0 spiro atoms. The van der Waals surface area contributed by atoms with Gasteiger partial charge in [-0.25, -0.2) is 4.98 Å². The lowest BCUT2D eigenvalue weighted by atomic mass is 10.1. The Labute approximate surface area is 132 Å². The summed E-state index contributed by atoms with van der Waals surface area (Å²) in [6.07, 6.45) is 4.52. The van der Waals surface area contributed by atoms with Gasteiger partial charge in [-0.05, 0) is 24.1 Å². The molecule has 1 aliphatic rings. The number of ether oxygens (including phenoxy) is 1. The van der Waals surface area contributed by atoms with Crippen LogP contribution >= 0.6 is 11.8 Å². The number of aromatic nitrogens is 1. The van der Waals surface area contributed by atoms with Gasteiger partial charge in [0.1, 0.15) is 5.75 Å². The summed E-state index contributed by atoms with van der Waals surface area (Å²) in [5.41, 5.74) is 1.58. The molecule has 1 unspecified atom stereocenters. The average Bonchev–Trinajstić information content (AvgIpc) is 3.04. The molecule has 0 fully saturated rings. The first-order valence-electron chi connectivity index (χ1n) is 6.88. The van der Waals surface area contributed by atoms with Gasteiger partial charge < -0.3 is 9.84 Å². The molecular weight excluding hydrogens is 298 g/mol. The van der Waals surface area contributed by atoms with Crippen molar-refractivity contribution < 1.29 is 14.6 Å². The number of phenols is 1. The number of carbonyl (C=O) groups excluding carboxylic acids is 1. The van der Waals surface area contributed by atoms with Crippen molar-refractivity contribution in [1.29, 1.82) is 0 Å². The van der Waals surface area contributed by atoms with E-state index in [-0.39, 0.29) is 16.8 Å². The molecule has 1 aromatic carbocycles. The third-order valence-corrected chi connectivity index (χ3v) is 4.81. The lowest BCUT2D eigenvalue weighted by molar-refractivity contribution is 0.104. The van der Waals surface area contributed by atoms with Crippen LogP contribution in [-0.4, -0.2) is 23.0 Å². The molecule has 2 heterocycles. The van der Waals surface area contributed by atoms with E-state index in [4.69, 9.17) is 4.74 Å². The first-order chi connectivity index (χ1) is 10.7. The highest BCUT2D eigenvalue weighted by Crippen LogP contribution is 2.44. The standard InChI is InChI=1S/C17H15NO3S/c1-21-16-8-5-12(10-18-16)14-6-7-15(22-14)17(20)11-3-2-4-13(19)9-11/h2-5,7-10,14,19H,6H2,1H3. The molecule has 0 aliphatic carbocycles. The summed E-state index contributed by atoms with van der Waals surface area (Å²) in [5, 5.41) is 9.68. The molecule has 0 amide bonds. The maximum atomic E-state index is 12.4. The largest absolute Gasteiger partial charge is 0.508 e. The van der Waals surface area contributed by atoms with Crippen LogP contribution in [0, 0.1) is 0 Å². The van der Waals surface area contributed by atoms with Gasteiger partial charge in [0, 0.05) is 23.1 Å². The number of hydrogen-bond donors (Lipinski definition) is 1. The highest BCUT2D eigenvalue weighted by Gasteiger charge is 2.25. The van der Waals surface area contributed by atoms with Gasteiger partial charge in [-0.15, -0.1) is 11.8 Å². The minimum absolute atomic E-state index is 0.0510. The number of carbonyl (C=O) groups is 1. The molecule has 1 N–H and O–H groups in total. The van der Waals surface area contributed by atoms with Crippen LogP contribution < -0.4 is 4.74 Å². The second kappa shape index (κ2) is 6.23. The first kappa shape index (κ1) is 14.7. The normalized spacial score (nSPS) is 17.1. The molecular formula is C17H15NO3S. The maximum absolute atomic E-state index is 12.4. The highest BCUT2D eigenvalue weighted by molar-refractivity contribution is 8.04. The fourth-order valence-electron chi connectivity index (χ4n) is 2.31. The van der Waals surface area contributed by atoms with Gasteiger partial charge in [0.15, 0.2) is 5.78 Å². The minimum Gasteiger partial charge on any atom is -0.508 e. The molecule has 1 aromatic heterocycles. The van der Waals surface area contributed by atoms with Gasteiger partial charge >= 0.3 is 0 Å². The van der Waals surface area contributed by atoms with Crippen molar-refractivity contribution in [1.82, 2.24) is 4.98 Å². The quantitative estimate of drug-likeness (QED) is 0.871. The Morgan fingerprint density at radius 1 is 1.36 bits per heavy atom. The zero-order chi connectivity index (χ0) is 15.5. The van der Waals surface area contributed by atoms with Crippen LogP contribution in [0.25, 0.3) is 0 Å². The van der Waals surface area contributed by atoms with Crippen molar-refractivity contribution in [3.8, 4) is 11.6 Å². The molecule has 1 atom stereocenters. The summed E-state index contributed by atoms with van der Waals surface area (Å²) in [5.74, 6) is 0.631.